The number of amides is 2. The van der Waals surface area contributed by atoms with E-state index in [1.54, 1.807) is 6.92 Å². The van der Waals surface area contributed by atoms with Crippen LogP contribution in [-0.2, 0) is 19.1 Å². The van der Waals surface area contributed by atoms with Crippen LogP contribution >= 0.6 is 0 Å². The van der Waals surface area contributed by atoms with Crippen LogP contribution in [0.15, 0.2) is 11.6 Å². The molecule has 7 nitrogen and oxygen atoms in total. The second kappa shape index (κ2) is 7.23. The molecule has 2 amide bonds. The molecule has 2 aliphatic rings. The lowest BCUT2D eigenvalue weighted by molar-refractivity contribution is -0.131. The molecule has 1 aliphatic heterocycles. The number of Topliss-reactive ketones (excluding diaryl/α,β-unsaturated/α-hetero) is 1. The highest BCUT2D eigenvalue weighted by Crippen LogP contribution is 2.31. The highest BCUT2D eigenvalue weighted by molar-refractivity contribution is 5.97. The fraction of sp³-hybridized carbons (Fsp3) is 0.688. The summed E-state index contributed by atoms with van der Waals surface area (Å²) < 4.78 is 5.21. The minimum atomic E-state index is -0.786. The molecule has 0 aromatic heterocycles. The van der Waals surface area contributed by atoms with Crippen molar-refractivity contribution >= 4 is 17.6 Å². The molecule has 0 radical (unpaired) electrons. The normalized spacial score (nSPS) is 25.3. The van der Waals surface area contributed by atoms with Crippen molar-refractivity contribution in [2.24, 2.45) is 5.73 Å². The Morgan fingerprint density at radius 3 is 2.65 bits per heavy atom. The number of epoxide rings is 1. The van der Waals surface area contributed by atoms with Crippen molar-refractivity contribution in [3.05, 3.63) is 11.6 Å². The van der Waals surface area contributed by atoms with Gasteiger partial charge in [-0.2, -0.15) is 0 Å². The SMILES string of the molecule is CC(N)C(=O)NCC(=O)NC(CC1=CCCC1)C(=O)C1(C)CO1. The Morgan fingerprint density at radius 1 is 1.43 bits per heavy atom. The molecule has 4 N–H and O–H groups in total. The molecule has 1 saturated heterocycles. The van der Waals surface area contributed by atoms with E-state index in [0.29, 0.717) is 13.0 Å². The standard InChI is InChI=1S/C16H25N3O4/c1-10(17)15(22)18-8-13(20)19-12(7-11-5-3-4-6-11)14(21)16(2)9-23-16/h5,10,12H,3-4,6-9,17H2,1-2H3,(H,18,22)(H,19,20). The monoisotopic (exact) mass is 323 g/mol. The minimum absolute atomic E-state index is 0.114. The van der Waals surface area contributed by atoms with Gasteiger partial charge >= 0.3 is 0 Å². The summed E-state index contributed by atoms with van der Waals surface area (Å²) in [6, 6.07) is -1.30. The number of rotatable bonds is 8. The molecular formula is C16H25N3O4. The van der Waals surface area contributed by atoms with Gasteiger partial charge < -0.3 is 21.1 Å². The van der Waals surface area contributed by atoms with Crippen LogP contribution in [0.1, 0.15) is 39.5 Å². The van der Waals surface area contributed by atoms with Gasteiger partial charge in [-0.15, -0.1) is 0 Å². The summed E-state index contributed by atoms with van der Waals surface area (Å²) in [6.45, 7) is 3.46. The van der Waals surface area contributed by atoms with Crippen molar-refractivity contribution in [1.82, 2.24) is 10.6 Å². The van der Waals surface area contributed by atoms with Crippen LogP contribution in [0.2, 0.25) is 0 Å². The first-order chi connectivity index (χ1) is 10.8. The number of nitrogens with two attached hydrogens (primary N) is 1. The smallest absolute Gasteiger partial charge is 0.239 e. The van der Waals surface area contributed by atoms with E-state index in [9.17, 15) is 14.4 Å². The van der Waals surface area contributed by atoms with E-state index in [1.807, 2.05) is 0 Å². The molecule has 0 saturated carbocycles. The van der Waals surface area contributed by atoms with E-state index in [1.165, 1.54) is 12.5 Å². The molecule has 2 rings (SSSR count). The largest absolute Gasteiger partial charge is 0.361 e. The first-order valence-corrected chi connectivity index (χ1v) is 8.00. The summed E-state index contributed by atoms with van der Waals surface area (Å²) >= 11 is 0. The van der Waals surface area contributed by atoms with Gasteiger partial charge in [0.1, 0.15) is 5.60 Å². The quantitative estimate of drug-likeness (QED) is 0.422. The number of carbonyl (C=O) groups excluding carboxylic acids is 3. The number of ether oxygens (including phenoxy) is 1. The Balaban J connectivity index is 1.92. The van der Waals surface area contributed by atoms with E-state index in [-0.39, 0.29) is 12.3 Å². The number of carbonyl (C=O) groups is 3. The first-order valence-electron chi connectivity index (χ1n) is 8.00. The van der Waals surface area contributed by atoms with Gasteiger partial charge in [0.05, 0.1) is 25.2 Å². The van der Waals surface area contributed by atoms with Crippen LogP contribution in [0.25, 0.3) is 0 Å². The topological polar surface area (TPSA) is 114 Å². The first kappa shape index (κ1) is 17.6. The zero-order valence-corrected chi connectivity index (χ0v) is 13.7. The van der Waals surface area contributed by atoms with Gasteiger partial charge in [0.2, 0.25) is 11.8 Å². The van der Waals surface area contributed by atoms with E-state index >= 15 is 0 Å². The predicted molar refractivity (Wildman–Crippen MR) is 84.5 cm³/mol. The van der Waals surface area contributed by atoms with Crippen molar-refractivity contribution in [2.45, 2.75) is 57.2 Å². The Bertz CT molecular complexity index is 523. The number of nitrogens with one attached hydrogen (secondary N) is 2. The van der Waals surface area contributed by atoms with Crippen LogP contribution in [0.5, 0.6) is 0 Å². The number of allylic oxidation sites excluding steroid dienone is 1. The predicted octanol–water partition coefficient (Wildman–Crippen LogP) is -0.207. The van der Waals surface area contributed by atoms with Gasteiger partial charge in [0.15, 0.2) is 5.78 Å². The fourth-order valence-corrected chi connectivity index (χ4v) is 2.59. The maximum absolute atomic E-state index is 12.5. The third kappa shape index (κ3) is 4.87. The van der Waals surface area contributed by atoms with Crippen LogP contribution in [0.3, 0.4) is 0 Å². The van der Waals surface area contributed by atoms with E-state index in [2.05, 4.69) is 16.7 Å². The summed E-state index contributed by atoms with van der Waals surface area (Å²) in [5.74, 6) is -0.920. The Labute approximate surface area is 136 Å². The zero-order chi connectivity index (χ0) is 17.0. The molecule has 0 aromatic carbocycles. The van der Waals surface area contributed by atoms with Crippen molar-refractivity contribution in [3.63, 3.8) is 0 Å². The van der Waals surface area contributed by atoms with Gasteiger partial charge in [-0.1, -0.05) is 11.6 Å². The molecule has 1 fully saturated rings. The van der Waals surface area contributed by atoms with Gasteiger partial charge in [-0.05, 0) is 39.5 Å². The molecule has 1 aliphatic carbocycles. The third-order valence-corrected chi connectivity index (χ3v) is 4.19. The summed E-state index contributed by atoms with van der Waals surface area (Å²) in [6.07, 6.45) is 5.69. The highest BCUT2D eigenvalue weighted by Gasteiger charge is 2.50. The maximum atomic E-state index is 12.5. The van der Waals surface area contributed by atoms with Crippen molar-refractivity contribution in [1.29, 1.82) is 0 Å². The van der Waals surface area contributed by atoms with Crippen molar-refractivity contribution in [3.8, 4) is 0 Å². The molecule has 7 heteroatoms. The average Bonchev–Trinajstić information content (AvgIpc) is 3.05. The van der Waals surface area contributed by atoms with E-state index in [0.717, 1.165) is 19.3 Å². The average molecular weight is 323 g/mol. The summed E-state index contributed by atoms with van der Waals surface area (Å²) in [4.78, 5) is 36.0. The lowest BCUT2D eigenvalue weighted by Crippen LogP contribution is -2.50. The van der Waals surface area contributed by atoms with Gasteiger partial charge in [0, 0.05) is 0 Å². The molecule has 1 heterocycles. The second-order valence-electron chi connectivity index (χ2n) is 6.47. The molecule has 3 atom stereocenters. The lowest BCUT2D eigenvalue weighted by Gasteiger charge is -2.20. The summed E-state index contributed by atoms with van der Waals surface area (Å²) in [5, 5.41) is 5.16. The zero-order valence-electron chi connectivity index (χ0n) is 13.7. The molecule has 23 heavy (non-hydrogen) atoms. The molecule has 3 unspecified atom stereocenters. The van der Waals surface area contributed by atoms with Gasteiger partial charge in [0.25, 0.3) is 0 Å². The lowest BCUT2D eigenvalue weighted by atomic mass is 9.94. The Morgan fingerprint density at radius 2 is 2.13 bits per heavy atom. The van der Waals surface area contributed by atoms with E-state index < -0.39 is 29.5 Å². The molecule has 128 valence electrons. The Kier molecular flexibility index (Phi) is 5.54. The number of hydrogen-bond donors (Lipinski definition) is 3. The molecule has 0 spiro atoms. The van der Waals surface area contributed by atoms with Crippen LogP contribution < -0.4 is 16.4 Å². The van der Waals surface area contributed by atoms with Crippen molar-refractivity contribution in [2.75, 3.05) is 13.2 Å². The van der Waals surface area contributed by atoms with Gasteiger partial charge in [-0.25, -0.2) is 0 Å². The third-order valence-electron chi connectivity index (χ3n) is 4.19. The fourth-order valence-electron chi connectivity index (χ4n) is 2.59. The van der Waals surface area contributed by atoms with Crippen molar-refractivity contribution < 1.29 is 19.1 Å². The summed E-state index contributed by atoms with van der Waals surface area (Å²) in [5.41, 5.74) is 5.83. The van der Waals surface area contributed by atoms with Crippen LogP contribution in [0, 0.1) is 0 Å². The molecular weight excluding hydrogens is 298 g/mol. The number of ketones is 1. The van der Waals surface area contributed by atoms with Crippen LogP contribution in [-0.4, -0.2) is 48.4 Å². The second-order valence-corrected chi connectivity index (χ2v) is 6.47. The Hall–Kier alpha value is -1.73. The molecule has 0 aromatic rings. The minimum Gasteiger partial charge on any atom is -0.361 e. The van der Waals surface area contributed by atoms with Crippen LogP contribution in [0.4, 0.5) is 0 Å². The van der Waals surface area contributed by atoms with Gasteiger partial charge in [-0.3, -0.25) is 14.4 Å². The summed E-state index contributed by atoms with van der Waals surface area (Å²) in [7, 11) is 0. The number of hydrogen-bond acceptors (Lipinski definition) is 5. The highest BCUT2D eigenvalue weighted by atomic mass is 16.6. The maximum Gasteiger partial charge on any atom is 0.239 e. The van der Waals surface area contributed by atoms with E-state index in [4.69, 9.17) is 10.5 Å². The molecule has 0 bridgehead atoms.